The first-order valence-electron chi connectivity index (χ1n) is 7.62. The van der Waals surface area contributed by atoms with E-state index in [1.54, 1.807) is 23.1 Å². The molecule has 1 aromatic heterocycles. The number of aromatic nitrogens is 1. The average molecular weight is 328 g/mol. The molecule has 1 aliphatic rings. The average Bonchev–Trinajstić information content (AvgIpc) is 2.94. The van der Waals surface area contributed by atoms with Crippen molar-refractivity contribution < 1.29 is 4.79 Å². The maximum absolute atomic E-state index is 12.0. The van der Waals surface area contributed by atoms with Crippen LogP contribution in [0.3, 0.4) is 0 Å². The van der Waals surface area contributed by atoms with E-state index in [0.717, 1.165) is 48.9 Å². The minimum Gasteiger partial charge on any atom is -0.350 e. The number of carbonyl (C=O) groups excluding carboxylic acids is 1. The lowest BCUT2D eigenvalue weighted by Crippen LogP contribution is -2.35. The standard InChI is InChI=1S/C15H25N3OS2/c1-3-18-6-4-12(5-7-18)8-14(19)16-9-13-10-21-15(17-13)11-20-2/h10,12H,3-9,11H2,1-2H3,(H,16,19). The maximum atomic E-state index is 12.0. The Kier molecular flexibility index (Phi) is 6.99. The van der Waals surface area contributed by atoms with Crippen LogP contribution in [0.4, 0.5) is 0 Å². The van der Waals surface area contributed by atoms with E-state index in [1.165, 1.54) is 0 Å². The van der Waals surface area contributed by atoms with Crippen molar-refractivity contribution >= 4 is 29.0 Å². The number of thioether (sulfide) groups is 1. The fourth-order valence-electron chi connectivity index (χ4n) is 2.65. The van der Waals surface area contributed by atoms with Gasteiger partial charge in [-0.25, -0.2) is 4.98 Å². The van der Waals surface area contributed by atoms with Crippen molar-refractivity contribution in [2.45, 2.75) is 38.5 Å². The monoisotopic (exact) mass is 327 g/mol. The van der Waals surface area contributed by atoms with Crippen LogP contribution in [0, 0.1) is 5.92 Å². The number of nitrogens with zero attached hydrogens (tertiary/aromatic N) is 2. The van der Waals surface area contributed by atoms with Gasteiger partial charge in [-0.1, -0.05) is 6.92 Å². The molecule has 118 valence electrons. The summed E-state index contributed by atoms with van der Waals surface area (Å²) in [6.45, 7) is 6.17. The zero-order chi connectivity index (χ0) is 15.1. The lowest BCUT2D eigenvalue weighted by Gasteiger charge is -2.30. The zero-order valence-corrected chi connectivity index (χ0v) is 14.6. The molecule has 0 bridgehead atoms. The summed E-state index contributed by atoms with van der Waals surface area (Å²) in [4.78, 5) is 19.0. The molecule has 0 spiro atoms. The van der Waals surface area contributed by atoms with E-state index in [4.69, 9.17) is 0 Å². The van der Waals surface area contributed by atoms with Gasteiger partial charge in [0.05, 0.1) is 12.2 Å². The van der Waals surface area contributed by atoms with E-state index in [9.17, 15) is 4.79 Å². The van der Waals surface area contributed by atoms with Crippen molar-refractivity contribution in [3.63, 3.8) is 0 Å². The molecule has 0 unspecified atom stereocenters. The molecule has 0 radical (unpaired) electrons. The van der Waals surface area contributed by atoms with Crippen LogP contribution in [-0.4, -0.2) is 41.7 Å². The van der Waals surface area contributed by atoms with Crippen molar-refractivity contribution in [1.29, 1.82) is 0 Å². The lowest BCUT2D eigenvalue weighted by atomic mass is 9.93. The molecule has 1 fully saturated rings. The molecule has 0 saturated carbocycles. The summed E-state index contributed by atoms with van der Waals surface area (Å²) < 4.78 is 0. The highest BCUT2D eigenvalue weighted by Crippen LogP contribution is 2.20. The Hall–Kier alpha value is -0.590. The third-order valence-corrected chi connectivity index (χ3v) is 5.60. The molecule has 21 heavy (non-hydrogen) atoms. The molecule has 0 atom stereocenters. The molecular formula is C15H25N3OS2. The summed E-state index contributed by atoms with van der Waals surface area (Å²) in [6, 6.07) is 0. The van der Waals surface area contributed by atoms with Crippen LogP contribution >= 0.6 is 23.1 Å². The Balaban J connectivity index is 1.67. The molecule has 1 aliphatic heterocycles. The van der Waals surface area contributed by atoms with Gasteiger partial charge in [0.1, 0.15) is 5.01 Å². The van der Waals surface area contributed by atoms with Crippen molar-refractivity contribution in [1.82, 2.24) is 15.2 Å². The number of hydrogen-bond acceptors (Lipinski definition) is 5. The number of likely N-dealkylation sites (tertiary alicyclic amines) is 1. The number of nitrogens with one attached hydrogen (secondary N) is 1. The van der Waals surface area contributed by atoms with E-state index in [0.29, 0.717) is 18.9 Å². The fraction of sp³-hybridized carbons (Fsp3) is 0.733. The van der Waals surface area contributed by atoms with E-state index in [2.05, 4.69) is 28.4 Å². The predicted octanol–water partition coefficient (Wildman–Crippen LogP) is 2.74. The van der Waals surface area contributed by atoms with Crippen LogP contribution in [0.1, 0.15) is 36.9 Å². The van der Waals surface area contributed by atoms with Crippen molar-refractivity contribution in [3.8, 4) is 0 Å². The van der Waals surface area contributed by atoms with Crippen molar-refractivity contribution in [3.05, 3.63) is 16.1 Å². The first-order chi connectivity index (χ1) is 10.2. The van der Waals surface area contributed by atoms with E-state index in [1.807, 2.05) is 5.38 Å². The van der Waals surface area contributed by atoms with E-state index >= 15 is 0 Å². The molecule has 1 N–H and O–H groups in total. The summed E-state index contributed by atoms with van der Waals surface area (Å²) >= 11 is 3.45. The molecule has 1 amide bonds. The Labute approximate surface area is 135 Å². The predicted molar refractivity (Wildman–Crippen MR) is 90.6 cm³/mol. The zero-order valence-electron chi connectivity index (χ0n) is 12.9. The first-order valence-corrected chi connectivity index (χ1v) is 9.90. The number of hydrogen-bond donors (Lipinski definition) is 1. The van der Waals surface area contributed by atoms with Crippen LogP contribution in [0.2, 0.25) is 0 Å². The van der Waals surface area contributed by atoms with Gasteiger partial charge in [-0.3, -0.25) is 4.79 Å². The summed E-state index contributed by atoms with van der Waals surface area (Å²) in [5, 5.41) is 6.20. The Bertz CT molecular complexity index is 442. The molecule has 0 aliphatic carbocycles. The second kappa shape index (κ2) is 8.76. The quantitative estimate of drug-likeness (QED) is 0.836. The summed E-state index contributed by atoms with van der Waals surface area (Å²) in [6.07, 6.45) is 5.04. The molecule has 6 heteroatoms. The van der Waals surface area contributed by atoms with Gasteiger partial charge < -0.3 is 10.2 Å². The van der Waals surface area contributed by atoms with E-state index < -0.39 is 0 Å². The maximum Gasteiger partial charge on any atom is 0.220 e. The molecular weight excluding hydrogens is 302 g/mol. The van der Waals surface area contributed by atoms with Crippen LogP contribution in [0.25, 0.3) is 0 Å². The van der Waals surface area contributed by atoms with Gasteiger partial charge in [-0.15, -0.1) is 11.3 Å². The topological polar surface area (TPSA) is 45.2 Å². The molecule has 4 nitrogen and oxygen atoms in total. The normalized spacial score (nSPS) is 17.0. The molecule has 2 heterocycles. The minimum absolute atomic E-state index is 0.171. The molecule has 1 saturated heterocycles. The first kappa shape index (κ1) is 16.8. The smallest absolute Gasteiger partial charge is 0.220 e. The number of carbonyl (C=O) groups is 1. The van der Waals surface area contributed by atoms with Gasteiger partial charge in [0.2, 0.25) is 5.91 Å². The molecule has 2 rings (SSSR count). The van der Waals surface area contributed by atoms with Gasteiger partial charge in [0.25, 0.3) is 0 Å². The molecule has 0 aromatic carbocycles. The number of thiazole rings is 1. The number of piperidine rings is 1. The van der Waals surface area contributed by atoms with Gasteiger partial charge in [-0.2, -0.15) is 11.8 Å². The Morgan fingerprint density at radius 3 is 2.95 bits per heavy atom. The van der Waals surface area contributed by atoms with E-state index in [-0.39, 0.29) is 5.91 Å². The highest BCUT2D eigenvalue weighted by molar-refractivity contribution is 7.97. The van der Waals surface area contributed by atoms with Gasteiger partial charge >= 0.3 is 0 Å². The summed E-state index contributed by atoms with van der Waals surface area (Å²) in [7, 11) is 0. The lowest BCUT2D eigenvalue weighted by molar-refractivity contribution is -0.122. The second-order valence-corrected chi connectivity index (χ2v) is 7.33. The van der Waals surface area contributed by atoms with Crippen LogP contribution in [-0.2, 0) is 17.1 Å². The highest BCUT2D eigenvalue weighted by Gasteiger charge is 2.20. The Morgan fingerprint density at radius 2 is 2.29 bits per heavy atom. The Morgan fingerprint density at radius 1 is 1.52 bits per heavy atom. The SMILES string of the molecule is CCN1CCC(CC(=O)NCc2csc(CSC)n2)CC1. The fourth-order valence-corrected chi connectivity index (χ4v) is 4.17. The summed E-state index contributed by atoms with van der Waals surface area (Å²) in [5.41, 5.74) is 0.984. The largest absolute Gasteiger partial charge is 0.350 e. The van der Waals surface area contributed by atoms with Crippen molar-refractivity contribution in [2.24, 2.45) is 5.92 Å². The van der Waals surface area contributed by atoms with Crippen LogP contribution < -0.4 is 5.32 Å². The number of amides is 1. The van der Waals surface area contributed by atoms with Gasteiger partial charge in [0, 0.05) is 17.6 Å². The third kappa shape index (κ3) is 5.60. The second-order valence-electron chi connectivity index (χ2n) is 5.52. The van der Waals surface area contributed by atoms with Crippen molar-refractivity contribution in [2.75, 3.05) is 25.9 Å². The summed E-state index contributed by atoms with van der Waals surface area (Å²) in [5.74, 6) is 1.67. The number of rotatable bonds is 7. The van der Waals surface area contributed by atoms with Crippen LogP contribution in [0.5, 0.6) is 0 Å². The van der Waals surface area contributed by atoms with Crippen LogP contribution in [0.15, 0.2) is 5.38 Å². The van der Waals surface area contributed by atoms with Gasteiger partial charge in [-0.05, 0) is 44.6 Å². The third-order valence-electron chi connectivity index (χ3n) is 3.96. The molecule has 1 aromatic rings. The minimum atomic E-state index is 0.171. The highest BCUT2D eigenvalue weighted by atomic mass is 32.2. The van der Waals surface area contributed by atoms with Gasteiger partial charge in [0.15, 0.2) is 0 Å².